The van der Waals surface area contributed by atoms with Crippen molar-refractivity contribution in [1.29, 1.82) is 0 Å². The fourth-order valence-corrected chi connectivity index (χ4v) is 7.95. The summed E-state index contributed by atoms with van der Waals surface area (Å²) in [5.41, 5.74) is 0. The third-order valence-corrected chi connectivity index (χ3v) is 8.65. The van der Waals surface area contributed by atoms with E-state index in [0.717, 1.165) is 0 Å². The van der Waals surface area contributed by atoms with Crippen LogP contribution in [0.2, 0.25) is 19.6 Å². The average Bonchev–Trinajstić information content (AvgIpc) is 2.83. The van der Waals surface area contributed by atoms with E-state index in [2.05, 4.69) is 55.8 Å². The van der Waals surface area contributed by atoms with Gasteiger partial charge in [0, 0.05) is 0 Å². The third-order valence-electron chi connectivity index (χ3n) is 2.25. The zero-order valence-corrected chi connectivity index (χ0v) is 10.3. The lowest BCUT2D eigenvalue weighted by atomic mass is 10.4. The Kier molecular flexibility index (Phi) is 2.17. The number of rotatable bonds is 2. The summed E-state index contributed by atoms with van der Waals surface area (Å²) in [6, 6.07) is 10.9. The van der Waals surface area contributed by atoms with Gasteiger partial charge < -0.3 is 0 Å². The molecule has 0 amide bonds. The van der Waals surface area contributed by atoms with Crippen molar-refractivity contribution in [1.82, 2.24) is 0 Å². The molecule has 1 aliphatic heterocycles. The summed E-state index contributed by atoms with van der Waals surface area (Å²) < 4.78 is 0. The first-order chi connectivity index (χ1) is 6.09. The Bertz CT molecular complexity index is 335. The molecule has 0 nitrogen and oxygen atoms in total. The van der Waals surface area contributed by atoms with Crippen LogP contribution in [0.25, 0.3) is 0 Å². The molecular weight excluding hydrogens is 191 g/mol. The molecule has 1 aliphatic rings. The highest BCUT2D eigenvalue weighted by Gasteiger charge is 2.35. The molecule has 1 heterocycles. The maximum absolute atomic E-state index is 2.50. The maximum atomic E-state index is 2.50. The van der Waals surface area contributed by atoms with Crippen LogP contribution in [-0.2, 0) is 0 Å². The van der Waals surface area contributed by atoms with Crippen molar-refractivity contribution < 1.29 is 0 Å². The molecule has 0 N–H and O–H groups in total. The zero-order chi connectivity index (χ0) is 9.47. The molecule has 2 rings (SSSR count). The molecule has 0 saturated heterocycles. The second-order valence-corrected chi connectivity index (χ2v) is 11.9. The van der Waals surface area contributed by atoms with Gasteiger partial charge in [0.25, 0.3) is 0 Å². The second-order valence-electron chi connectivity index (χ2n) is 4.47. The van der Waals surface area contributed by atoms with E-state index in [-0.39, 0.29) is 7.92 Å². The Hall–Kier alpha value is -0.393. The molecule has 0 fully saturated rings. The lowest BCUT2D eigenvalue weighted by Crippen LogP contribution is -2.18. The van der Waals surface area contributed by atoms with E-state index in [0.29, 0.717) is 0 Å². The minimum atomic E-state index is -0.979. The molecule has 1 aromatic rings. The van der Waals surface area contributed by atoms with Crippen LogP contribution >= 0.6 is 7.92 Å². The van der Waals surface area contributed by atoms with E-state index < -0.39 is 8.07 Å². The van der Waals surface area contributed by atoms with Crippen LogP contribution in [0.5, 0.6) is 0 Å². The van der Waals surface area contributed by atoms with Gasteiger partial charge in [-0.25, -0.2) is 0 Å². The van der Waals surface area contributed by atoms with Crippen LogP contribution in [0.3, 0.4) is 0 Å². The van der Waals surface area contributed by atoms with Crippen molar-refractivity contribution in [3.8, 4) is 0 Å². The molecule has 2 heteroatoms. The first kappa shape index (κ1) is 9.17. The predicted molar refractivity (Wildman–Crippen MR) is 64.4 cm³/mol. The van der Waals surface area contributed by atoms with Gasteiger partial charge in [-0.2, -0.15) is 0 Å². The standard InChI is InChI=1S/C11H15PSi/c1-13(2,3)11-9-12(11)10-7-5-4-6-8-10/h4-9H,1-3H3. The Morgan fingerprint density at radius 2 is 1.62 bits per heavy atom. The Labute approximate surface area is 82.4 Å². The van der Waals surface area contributed by atoms with Crippen LogP contribution in [0, 0.1) is 0 Å². The van der Waals surface area contributed by atoms with Crippen LogP contribution in [0.15, 0.2) is 41.1 Å². The highest BCUT2D eigenvalue weighted by atomic mass is 31.1. The zero-order valence-electron chi connectivity index (χ0n) is 8.41. The summed E-state index contributed by atoms with van der Waals surface area (Å²) in [7, 11) is -0.923. The fourth-order valence-electron chi connectivity index (χ4n) is 1.45. The number of hydrogen-bond donors (Lipinski definition) is 0. The molecule has 0 aromatic heterocycles. The van der Waals surface area contributed by atoms with Crippen molar-refractivity contribution in [2.75, 3.05) is 0 Å². The van der Waals surface area contributed by atoms with E-state index in [1.54, 1.807) is 4.94 Å². The van der Waals surface area contributed by atoms with E-state index >= 15 is 0 Å². The summed E-state index contributed by atoms with van der Waals surface area (Å²) in [5, 5.41) is 1.54. The summed E-state index contributed by atoms with van der Waals surface area (Å²) in [4.78, 5) is 1.79. The first-order valence-corrected chi connectivity index (χ1v) is 9.57. The molecule has 0 saturated carbocycles. The van der Waals surface area contributed by atoms with Crippen LogP contribution in [0.4, 0.5) is 0 Å². The monoisotopic (exact) mass is 206 g/mol. The third kappa shape index (κ3) is 1.92. The summed E-state index contributed by atoms with van der Waals surface area (Å²) in [6.07, 6.45) is 0. The molecule has 0 spiro atoms. The van der Waals surface area contributed by atoms with Crippen molar-refractivity contribution in [2.24, 2.45) is 0 Å². The fraction of sp³-hybridized carbons (Fsp3) is 0.273. The van der Waals surface area contributed by atoms with Gasteiger partial charge in [-0.15, -0.1) is 0 Å². The van der Waals surface area contributed by atoms with Crippen LogP contribution in [0.1, 0.15) is 0 Å². The van der Waals surface area contributed by atoms with Gasteiger partial charge in [-0.3, -0.25) is 0 Å². The molecule has 0 aliphatic carbocycles. The average molecular weight is 206 g/mol. The summed E-state index contributed by atoms with van der Waals surface area (Å²) >= 11 is 0. The molecule has 1 unspecified atom stereocenters. The van der Waals surface area contributed by atoms with Gasteiger partial charge in [0.05, 0.1) is 8.07 Å². The Morgan fingerprint density at radius 1 is 1.00 bits per heavy atom. The highest BCUT2D eigenvalue weighted by Crippen LogP contribution is 2.63. The smallest absolute Gasteiger partial charge is 0.0656 e. The Morgan fingerprint density at radius 3 is 2.08 bits per heavy atom. The molecular formula is C11H15PSi. The van der Waals surface area contributed by atoms with Gasteiger partial charge in [0.2, 0.25) is 0 Å². The van der Waals surface area contributed by atoms with Crippen LogP contribution < -0.4 is 5.30 Å². The maximum Gasteiger partial charge on any atom is 0.0790 e. The lowest BCUT2D eigenvalue weighted by Gasteiger charge is -2.13. The minimum Gasteiger partial charge on any atom is -0.0656 e. The SMILES string of the molecule is C[Si](C)(C)C1=CP1c1ccccc1. The molecule has 1 atom stereocenters. The Balaban J connectivity index is 2.12. The van der Waals surface area contributed by atoms with Crippen LogP contribution in [-0.4, -0.2) is 8.07 Å². The van der Waals surface area contributed by atoms with Crippen molar-refractivity contribution in [3.05, 3.63) is 41.1 Å². The second kappa shape index (κ2) is 3.08. The van der Waals surface area contributed by atoms with Gasteiger partial charge in [0.15, 0.2) is 0 Å². The quantitative estimate of drug-likeness (QED) is 0.513. The largest absolute Gasteiger partial charge is 0.0790 e. The van der Waals surface area contributed by atoms with Gasteiger partial charge in [-0.1, -0.05) is 55.8 Å². The highest BCUT2D eigenvalue weighted by molar-refractivity contribution is 7.83. The summed E-state index contributed by atoms with van der Waals surface area (Å²) in [6.45, 7) is 7.30. The first-order valence-electron chi connectivity index (χ1n) is 4.65. The van der Waals surface area contributed by atoms with Gasteiger partial charge >= 0.3 is 0 Å². The number of benzene rings is 1. The molecule has 1 aromatic carbocycles. The summed E-state index contributed by atoms with van der Waals surface area (Å²) in [5.74, 6) is 2.50. The van der Waals surface area contributed by atoms with E-state index in [9.17, 15) is 0 Å². The van der Waals surface area contributed by atoms with E-state index in [4.69, 9.17) is 0 Å². The molecule has 0 bridgehead atoms. The number of hydrogen-bond acceptors (Lipinski definition) is 0. The van der Waals surface area contributed by atoms with E-state index in [1.165, 1.54) is 5.30 Å². The minimum absolute atomic E-state index is 0.0563. The molecule has 0 radical (unpaired) electrons. The normalized spacial score (nSPS) is 21.2. The lowest BCUT2D eigenvalue weighted by molar-refractivity contribution is 1.76. The van der Waals surface area contributed by atoms with Crippen molar-refractivity contribution >= 4 is 21.3 Å². The van der Waals surface area contributed by atoms with E-state index in [1.807, 2.05) is 0 Å². The molecule has 68 valence electrons. The topological polar surface area (TPSA) is 0 Å². The predicted octanol–water partition coefficient (Wildman–Crippen LogP) is 3.53. The van der Waals surface area contributed by atoms with Crippen molar-refractivity contribution in [2.45, 2.75) is 19.6 Å². The van der Waals surface area contributed by atoms with Crippen molar-refractivity contribution in [3.63, 3.8) is 0 Å². The van der Waals surface area contributed by atoms with Gasteiger partial charge in [-0.05, 0) is 18.2 Å². The molecule has 13 heavy (non-hydrogen) atoms. The van der Waals surface area contributed by atoms with Gasteiger partial charge in [0.1, 0.15) is 0 Å².